The lowest BCUT2D eigenvalue weighted by Gasteiger charge is -2.13. The maximum atomic E-state index is 12.1. The number of ether oxygens (including phenoxy) is 2. The molecule has 2 rings (SSSR count). The molecule has 0 spiro atoms. The topological polar surface area (TPSA) is 47.6 Å². The average Bonchev–Trinajstić information content (AvgIpc) is 2.46. The van der Waals surface area contributed by atoms with Crippen molar-refractivity contribution >= 4 is 27.5 Å². The lowest BCUT2D eigenvalue weighted by Crippen LogP contribution is -2.20. The highest BCUT2D eigenvalue weighted by Gasteiger charge is 2.09. The SMILES string of the molecule is CCOc1cccc(NC(=O)COc2c(C)cc(Br)cc2C)c1. The molecule has 2 aromatic rings. The number of carbonyl (C=O) groups is 1. The maximum Gasteiger partial charge on any atom is 0.262 e. The van der Waals surface area contributed by atoms with Crippen LogP contribution < -0.4 is 14.8 Å². The van der Waals surface area contributed by atoms with Crippen molar-refractivity contribution in [3.63, 3.8) is 0 Å². The summed E-state index contributed by atoms with van der Waals surface area (Å²) in [6, 6.07) is 11.2. The fourth-order valence-corrected chi connectivity index (χ4v) is 2.98. The molecule has 0 fully saturated rings. The molecule has 0 aliphatic heterocycles. The van der Waals surface area contributed by atoms with E-state index in [1.807, 2.05) is 51.1 Å². The Balaban J connectivity index is 1.97. The van der Waals surface area contributed by atoms with Crippen LogP contribution >= 0.6 is 15.9 Å². The average molecular weight is 378 g/mol. The molecule has 23 heavy (non-hydrogen) atoms. The standard InChI is InChI=1S/C18H20BrNO3/c1-4-22-16-7-5-6-15(10-16)20-17(21)11-23-18-12(2)8-14(19)9-13(18)3/h5-10H,4,11H2,1-3H3,(H,20,21). The van der Waals surface area contributed by atoms with Gasteiger partial charge in [-0.3, -0.25) is 4.79 Å². The number of amides is 1. The molecule has 0 radical (unpaired) electrons. The van der Waals surface area contributed by atoms with E-state index in [-0.39, 0.29) is 12.5 Å². The molecule has 0 aromatic heterocycles. The minimum atomic E-state index is -0.208. The Morgan fingerprint density at radius 2 is 1.83 bits per heavy atom. The van der Waals surface area contributed by atoms with Crippen molar-refractivity contribution in [1.29, 1.82) is 0 Å². The molecule has 0 unspecified atom stereocenters. The Morgan fingerprint density at radius 3 is 2.48 bits per heavy atom. The summed E-state index contributed by atoms with van der Waals surface area (Å²) in [6.07, 6.45) is 0. The molecular formula is C18H20BrNO3. The molecule has 0 aliphatic carbocycles. The summed E-state index contributed by atoms with van der Waals surface area (Å²) in [5.74, 6) is 1.26. The highest BCUT2D eigenvalue weighted by Crippen LogP contribution is 2.27. The molecule has 0 heterocycles. The van der Waals surface area contributed by atoms with Crippen molar-refractivity contribution in [3.8, 4) is 11.5 Å². The van der Waals surface area contributed by atoms with Gasteiger partial charge in [0.15, 0.2) is 6.61 Å². The fourth-order valence-electron chi connectivity index (χ4n) is 2.29. The first-order valence-electron chi connectivity index (χ1n) is 7.42. The van der Waals surface area contributed by atoms with E-state index in [0.717, 1.165) is 27.1 Å². The first-order valence-corrected chi connectivity index (χ1v) is 8.21. The monoisotopic (exact) mass is 377 g/mol. The van der Waals surface area contributed by atoms with Gasteiger partial charge >= 0.3 is 0 Å². The summed E-state index contributed by atoms with van der Waals surface area (Å²) in [4.78, 5) is 12.1. The van der Waals surface area contributed by atoms with Gasteiger partial charge in [-0.05, 0) is 56.2 Å². The second-order valence-electron chi connectivity index (χ2n) is 5.17. The van der Waals surface area contributed by atoms with Crippen LogP contribution in [0, 0.1) is 13.8 Å². The number of anilines is 1. The highest BCUT2D eigenvalue weighted by atomic mass is 79.9. The molecule has 1 amide bonds. The summed E-state index contributed by atoms with van der Waals surface area (Å²) < 4.78 is 12.1. The van der Waals surface area contributed by atoms with Gasteiger partial charge in [-0.25, -0.2) is 0 Å². The summed E-state index contributed by atoms with van der Waals surface area (Å²) >= 11 is 3.44. The van der Waals surface area contributed by atoms with E-state index in [2.05, 4.69) is 21.2 Å². The Bertz CT molecular complexity index is 677. The molecule has 2 aromatic carbocycles. The van der Waals surface area contributed by atoms with Crippen molar-refractivity contribution in [2.24, 2.45) is 0 Å². The van der Waals surface area contributed by atoms with Gasteiger partial charge in [0, 0.05) is 16.2 Å². The lowest BCUT2D eigenvalue weighted by atomic mass is 10.1. The normalized spacial score (nSPS) is 10.3. The van der Waals surface area contributed by atoms with Gasteiger partial charge in [-0.2, -0.15) is 0 Å². The third-order valence-corrected chi connectivity index (χ3v) is 3.66. The first-order chi connectivity index (χ1) is 11.0. The van der Waals surface area contributed by atoms with Gasteiger partial charge in [-0.15, -0.1) is 0 Å². The molecule has 0 bridgehead atoms. The largest absolute Gasteiger partial charge is 0.494 e. The Hall–Kier alpha value is -2.01. The third-order valence-electron chi connectivity index (χ3n) is 3.20. The Labute approximate surface area is 144 Å². The van der Waals surface area contributed by atoms with Crippen LogP contribution in [0.1, 0.15) is 18.1 Å². The van der Waals surface area contributed by atoms with Crippen LogP contribution in [0.3, 0.4) is 0 Å². The molecule has 5 heteroatoms. The number of nitrogens with one attached hydrogen (secondary N) is 1. The van der Waals surface area contributed by atoms with Gasteiger partial charge in [0.2, 0.25) is 0 Å². The van der Waals surface area contributed by atoms with E-state index in [4.69, 9.17) is 9.47 Å². The molecule has 0 aliphatic rings. The molecule has 1 N–H and O–H groups in total. The van der Waals surface area contributed by atoms with Crippen LogP contribution in [0.2, 0.25) is 0 Å². The van der Waals surface area contributed by atoms with Crippen molar-refractivity contribution < 1.29 is 14.3 Å². The molecule has 0 atom stereocenters. The van der Waals surface area contributed by atoms with E-state index in [1.165, 1.54) is 0 Å². The van der Waals surface area contributed by atoms with E-state index in [9.17, 15) is 4.79 Å². The number of halogens is 1. The predicted octanol–water partition coefficient (Wildman–Crippen LogP) is 4.48. The van der Waals surface area contributed by atoms with E-state index in [1.54, 1.807) is 6.07 Å². The zero-order valence-corrected chi connectivity index (χ0v) is 15.1. The van der Waals surface area contributed by atoms with Crippen molar-refractivity contribution in [2.45, 2.75) is 20.8 Å². The molecule has 122 valence electrons. The highest BCUT2D eigenvalue weighted by molar-refractivity contribution is 9.10. The van der Waals surface area contributed by atoms with Gasteiger partial charge in [0.25, 0.3) is 5.91 Å². The fraction of sp³-hybridized carbons (Fsp3) is 0.278. The van der Waals surface area contributed by atoms with Crippen LogP contribution in [-0.2, 0) is 4.79 Å². The van der Waals surface area contributed by atoms with E-state index < -0.39 is 0 Å². The molecular weight excluding hydrogens is 358 g/mol. The predicted molar refractivity (Wildman–Crippen MR) is 95.4 cm³/mol. The smallest absolute Gasteiger partial charge is 0.262 e. The number of rotatable bonds is 6. The summed E-state index contributed by atoms with van der Waals surface area (Å²) in [5.41, 5.74) is 2.67. The maximum absolute atomic E-state index is 12.1. The van der Waals surface area contributed by atoms with Gasteiger partial charge < -0.3 is 14.8 Å². The van der Waals surface area contributed by atoms with Gasteiger partial charge in [-0.1, -0.05) is 22.0 Å². The zero-order chi connectivity index (χ0) is 16.8. The Morgan fingerprint density at radius 1 is 1.13 bits per heavy atom. The number of carbonyl (C=O) groups excluding carboxylic acids is 1. The summed E-state index contributed by atoms with van der Waals surface area (Å²) in [5, 5.41) is 2.81. The zero-order valence-electron chi connectivity index (χ0n) is 13.5. The molecule has 4 nitrogen and oxygen atoms in total. The van der Waals surface area contributed by atoms with Gasteiger partial charge in [0.05, 0.1) is 6.61 Å². The molecule has 0 saturated carbocycles. The van der Waals surface area contributed by atoms with Crippen LogP contribution in [0.5, 0.6) is 11.5 Å². The lowest BCUT2D eigenvalue weighted by molar-refractivity contribution is -0.118. The number of hydrogen-bond acceptors (Lipinski definition) is 3. The second-order valence-corrected chi connectivity index (χ2v) is 6.08. The van der Waals surface area contributed by atoms with Crippen molar-refractivity contribution in [2.75, 3.05) is 18.5 Å². The summed E-state index contributed by atoms with van der Waals surface area (Å²) in [7, 11) is 0. The number of aryl methyl sites for hydroxylation is 2. The van der Waals surface area contributed by atoms with E-state index >= 15 is 0 Å². The van der Waals surface area contributed by atoms with Crippen LogP contribution in [0.15, 0.2) is 40.9 Å². The van der Waals surface area contributed by atoms with Gasteiger partial charge in [0.1, 0.15) is 11.5 Å². The number of benzene rings is 2. The molecule has 0 saturated heterocycles. The third kappa shape index (κ3) is 4.99. The van der Waals surface area contributed by atoms with E-state index in [0.29, 0.717) is 12.3 Å². The minimum absolute atomic E-state index is 0.0395. The van der Waals surface area contributed by atoms with Crippen molar-refractivity contribution in [1.82, 2.24) is 0 Å². The minimum Gasteiger partial charge on any atom is -0.494 e. The second kappa shape index (κ2) is 8.02. The van der Waals surface area contributed by atoms with Crippen LogP contribution in [0.4, 0.5) is 5.69 Å². The van der Waals surface area contributed by atoms with Crippen LogP contribution in [0.25, 0.3) is 0 Å². The van der Waals surface area contributed by atoms with Crippen LogP contribution in [-0.4, -0.2) is 19.1 Å². The first kappa shape index (κ1) is 17.3. The number of hydrogen-bond donors (Lipinski definition) is 1. The van der Waals surface area contributed by atoms with Crippen molar-refractivity contribution in [3.05, 3.63) is 52.0 Å². The quantitative estimate of drug-likeness (QED) is 0.806. The summed E-state index contributed by atoms with van der Waals surface area (Å²) in [6.45, 7) is 6.37. The Kier molecular flexibility index (Phi) is 6.04.